The number of aliphatic hydroxyl groups is 1. The fraction of sp³-hybridized carbons (Fsp3) is 0.778. The van der Waals surface area contributed by atoms with Gasteiger partial charge in [-0.1, -0.05) is 0 Å². The summed E-state index contributed by atoms with van der Waals surface area (Å²) >= 11 is 0. The minimum absolute atomic E-state index is 0.148. The molecule has 0 aliphatic heterocycles. The van der Waals surface area contributed by atoms with Crippen LogP contribution in [0.4, 0.5) is 4.39 Å². The zero-order valence-corrected chi connectivity index (χ0v) is 16.0. The van der Waals surface area contributed by atoms with Crippen LogP contribution in [0.2, 0.25) is 0 Å². The summed E-state index contributed by atoms with van der Waals surface area (Å²) in [4.78, 5) is 27.4. The first-order valence-electron chi connectivity index (χ1n) is 6.47. The maximum Gasteiger partial charge on any atom is 0.490 e. The molecule has 0 spiro atoms. The molecule has 0 aromatic rings. The molecule has 2 radical (unpaired) electrons. The summed E-state index contributed by atoms with van der Waals surface area (Å²) < 4.78 is 67.1. The summed E-state index contributed by atoms with van der Waals surface area (Å²) in [5.41, 5.74) is 0. The largest absolute Gasteiger partial charge is 0.490 e. The van der Waals surface area contributed by atoms with Gasteiger partial charge >= 0.3 is 23.5 Å². The van der Waals surface area contributed by atoms with Gasteiger partial charge in [0, 0.05) is 19.5 Å². The molecule has 0 rings (SSSR count). The van der Waals surface area contributed by atoms with E-state index in [9.17, 15) is 28.1 Å². The van der Waals surface area contributed by atoms with Crippen LogP contribution >= 0.6 is 23.5 Å². The lowest BCUT2D eigenvalue weighted by atomic mass is 9.96. The number of phosphoric acid groups is 3. The molecule has 4 unspecified atom stereocenters. The number of hydrogen-bond donors (Lipinski definition) is 4. The standard InChI is InChI=1S/C9H17BFO12P3/c1-3-4-9(10)21-8(7(12)5-11)6-20-25(15,16)23-26(17,18)22-24(13,14)19-2/h1,7-9,12H,4-6H2,2H3,(H,13,14)(H,15,16)(H,17,18)/t7?,8-,9-/m1/s1. The van der Waals surface area contributed by atoms with Gasteiger partial charge in [0.1, 0.15) is 26.7 Å². The zero-order valence-electron chi connectivity index (χ0n) is 13.3. The number of phosphoric ester groups is 2. The molecule has 26 heavy (non-hydrogen) atoms. The van der Waals surface area contributed by atoms with E-state index in [1.54, 1.807) is 0 Å². The maximum absolute atomic E-state index is 12.6. The van der Waals surface area contributed by atoms with Crippen LogP contribution in [-0.4, -0.2) is 66.2 Å². The van der Waals surface area contributed by atoms with Gasteiger partial charge in [0.25, 0.3) is 0 Å². The number of aliphatic hydroxyl groups excluding tert-OH is 1. The number of terminal acetylenes is 1. The van der Waals surface area contributed by atoms with Crippen LogP contribution in [0.1, 0.15) is 6.42 Å². The number of hydrogen-bond acceptors (Lipinski definition) is 9. The van der Waals surface area contributed by atoms with Gasteiger partial charge < -0.3 is 24.5 Å². The lowest BCUT2D eigenvalue weighted by Gasteiger charge is -2.25. The zero-order chi connectivity index (χ0) is 20.6. The summed E-state index contributed by atoms with van der Waals surface area (Å²) in [6, 6.07) is -1.18. The van der Waals surface area contributed by atoms with Gasteiger partial charge in [-0.25, -0.2) is 18.1 Å². The van der Waals surface area contributed by atoms with E-state index in [1.807, 2.05) is 0 Å². The Bertz CT molecular complexity index is 626. The van der Waals surface area contributed by atoms with Crippen LogP contribution in [0.25, 0.3) is 0 Å². The van der Waals surface area contributed by atoms with Gasteiger partial charge in [0.05, 0.1) is 6.61 Å². The molecule has 0 amide bonds. The van der Waals surface area contributed by atoms with Crippen molar-refractivity contribution in [1.82, 2.24) is 0 Å². The highest BCUT2D eigenvalue weighted by Gasteiger charge is 2.42. The molecule has 0 aromatic carbocycles. The highest BCUT2D eigenvalue weighted by Crippen LogP contribution is 2.67. The lowest BCUT2D eigenvalue weighted by molar-refractivity contribution is -0.0783. The van der Waals surface area contributed by atoms with Gasteiger partial charge in [-0.2, -0.15) is 8.62 Å². The van der Waals surface area contributed by atoms with Gasteiger partial charge in [0.15, 0.2) is 0 Å². The molecule has 0 aliphatic rings. The first kappa shape index (κ1) is 25.9. The molecule has 0 fully saturated rings. The van der Waals surface area contributed by atoms with E-state index >= 15 is 0 Å². The second kappa shape index (κ2) is 11.0. The summed E-state index contributed by atoms with van der Waals surface area (Å²) in [5.74, 6) is 2.12. The van der Waals surface area contributed by atoms with Crippen molar-refractivity contribution in [2.75, 3.05) is 20.4 Å². The van der Waals surface area contributed by atoms with E-state index in [2.05, 4.69) is 23.6 Å². The first-order chi connectivity index (χ1) is 11.8. The Labute approximate surface area is 149 Å². The summed E-state index contributed by atoms with van der Waals surface area (Å²) in [6.07, 6.45) is 1.38. The molecule has 0 saturated carbocycles. The number of ether oxygens (including phenoxy) is 1. The van der Waals surface area contributed by atoms with E-state index in [1.165, 1.54) is 0 Å². The molecule has 6 atom stereocenters. The third-order valence-corrected chi connectivity index (χ3v) is 6.54. The molecule has 150 valence electrons. The van der Waals surface area contributed by atoms with Crippen LogP contribution in [0.5, 0.6) is 0 Å². The molecule has 12 nitrogen and oxygen atoms in total. The van der Waals surface area contributed by atoms with Crippen LogP contribution in [0.3, 0.4) is 0 Å². The summed E-state index contributed by atoms with van der Waals surface area (Å²) in [5, 5.41) is 9.43. The van der Waals surface area contributed by atoms with Crippen molar-refractivity contribution in [3.8, 4) is 12.3 Å². The minimum Gasteiger partial charge on any atom is -0.388 e. The summed E-state index contributed by atoms with van der Waals surface area (Å²) in [6.45, 7) is -2.38. The lowest BCUT2D eigenvalue weighted by Crippen LogP contribution is -2.38. The van der Waals surface area contributed by atoms with Gasteiger partial charge in [-0.3, -0.25) is 9.05 Å². The van der Waals surface area contributed by atoms with Crippen molar-refractivity contribution in [3.63, 3.8) is 0 Å². The summed E-state index contributed by atoms with van der Waals surface area (Å²) in [7, 11) is -9.96. The Morgan fingerprint density at radius 1 is 1.15 bits per heavy atom. The Hall–Kier alpha value is -0.115. The van der Waals surface area contributed by atoms with E-state index in [-0.39, 0.29) is 6.42 Å². The molecular weight excluding hydrogens is 423 g/mol. The normalized spacial score (nSPS) is 22.2. The van der Waals surface area contributed by atoms with Crippen LogP contribution in [0.15, 0.2) is 0 Å². The van der Waals surface area contributed by atoms with Crippen molar-refractivity contribution in [1.29, 1.82) is 0 Å². The second-order valence-corrected chi connectivity index (χ2v) is 9.13. The highest BCUT2D eigenvalue weighted by atomic mass is 31.3. The molecule has 0 aromatic heterocycles. The predicted octanol–water partition coefficient (Wildman–Crippen LogP) is 0.217. The Morgan fingerprint density at radius 2 is 1.69 bits per heavy atom. The first-order valence-corrected chi connectivity index (χ1v) is 11.0. The smallest absolute Gasteiger partial charge is 0.388 e. The fourth-order valence-electron chi connectivity index (χ4n) is 1.23. The van der Waals surface area contributed by atoms with Crippen molar-refractivity contribution >= 4 is 31.3 Å². The minimum atomic E-state index is -5.59. The van der Waals surface area contributed by atoms with Crippen molar-refractivity contribution in [3.05, 3.63) is 0 Å². The van der Waals surface area contributed by atoms with Crippen LogP contribution in [-0.2, 0) is 36.1 Å². The average Bonchev–Trinajstić information content (AvgIpc) is 2.48. The Balaban J connectivity index is 4.94. The van der Waals surface area contributed by atoms with Crippen LogP contribution < -0.4 is 0 Å². The van der Waals surface area contributed by atoms with Crippen molar-refractivity contribution < 1.29 is 60.3 Å². The highest BCUT2D eigenvalue weighted by molar-refractivity contribution is 7.66. The molecule has 4 N–H and O–H groups in total. The monoisotopic (exact) mass is 440 g/mol. The average molecular weight is 440 g/mol. The number of alkyl halides is 1. The number of rotatable bonds is 13. The molecule has 0 heterocycles. The SMILES string of the molecule is [B][C@@H](CC#C)O[C@H](COP(=O)(O)OP(=O)(O)OP(=O)(O)OC)C(O)CF. The van der Waals surface area contributed by atoms with E-state index in [0.717, 1.165) is 0 Å². The molecule has 0 saturated heterocycles. The molecule has 0 bridgehead atoms. The van der Waals surface area contributed by atoms with Crippen molar-refractivity contribution in [2.45, 2.75) is 24.6 Å². The second-order valence-electron chi connectivity index (χ2n) is 4.39. The topological polar surface area (TPSA) is 178 Å². The number of halogens is 1. The van der Waals surface area contributed by atoms with E-state index in [4.69, 9.17) is 28.8 Å². The van der Waals surface area contributed by atoms with Crippen molar-refractivity contribution in [2.24, 2.45) is 0 Å². The third-order valence-electron chi connectivity index (χ3n) is 2.30. The van der Waals surface area contributed by atoms with Gasteiger partial charge in [0.2, 0.25) is 0 Å². The Kier molecular flexibility index (Phi) is 11.0. The van der Waals surface area contributed by atoms with Gasteiger partial charge in [-0.15, -0.1) is 12.3 Å². The third kappa shape index (κ3) is 10.9. The fourth-order valence-corrected chi connectivity index (χ4v) is 4.49. The van der Waals surface area contributed by atoms with E-state index < -0.39 is 55.0 Å². The molecule has 0 aliphatic carbocycles. The quantitative estimate of drug-likeness (QED) is 0.174. The molecular formula is C9H17BFO12P3. The Morgan fingerprint density at radius 3 is 2.15 bits per heavy atom. The predicted molar refractivity (Wildman–Crippen MR) is 84.5 cm³/mol. The molecule has 17 heteroatoms. The maximum atomic E-state index is 12.6. The van der Waals surface area contributed by atoms with Gasteiger partial charge in [-0.05, 0) is 0 Å². The van der Waals surface area contributed by atoms with E-state index in [0.29, 0.717) is 7.11 Å². The van der Waals surface area contributed by atoms with Crippen LogP contribution in [0, 0.1) is 12.3 Å².